The van der Waals surface area contributed by atoms with E-state index in [0.29, 0.717) is 22.2 Å². The summed E-state index contributed by atoms with van der Waals surface area (Å²) in [4.78, 5) is 23.8. The number of thioether (sulfide) groups is 1. The Morgan fingerprint density at radius 1 is 1.57 bits per heavy atom. The first-order valence-electron chi connectivity index (χ1n) is 6.32. The number of aryl methyl sites for hydroxylation is 1. The summed E-state index contributed by atoms with van der Waals surface area (Å²) in [5, 5.41) is 5.70. The van der Waals surface area contributed by atoms with Crippen LogP contribution >= 0.6 is 23.4 Å². The van der Waals surface area contributed by atoms with Crippen LogP contribution in [0.15, 0.2) is 38.6 Å². The van der Waals surface area contributed by atoms with Crippen molar-refractivity contribution in [2.45, 2.75) is 23.6 Å². The van der Waals surface area contributed by atoms with E-state index in [9.17, 15) is 9.59 Å². The smallest absolute Gasteiger partial charge is 0.325 e. The highest BCUT2D eigenvalue weighted by Gasteiger charge is 2.27. The summed E-state index contributed by atoms with van der Waals surface area (Å²) in [6.45, 7) is 1.88. The molecule has 0 fully saturated rings. The SMILES string of the molecule is CCC(Sc1c(=O)o[nH][n+]1C)C(=O)Nc1cccc(Cl)c1. The number of nitrogens with zero attached hydrogens (tertiary/aromatic N) is 1. The van der Waals surface area contributed by atoms with Crippen molar-refractivity contribution in [3.8, 4) is 0 Å². The first kappa shape index (κ1) is 15.7. The minimum atomic E-state index is -0.489. The van der Waals surface area contributed by atoms with Crippen LogP contribution in [-0.2, 0) is 11.8 Å². The Morgan fingerprint density at radius 3 is 2.90 bits per heavy atom. The summed E-state index contributed by atoms with van der Waals surface area (Å²) in [5.74, 6) is -0.189. The van der Waals surface area contributed by atoms with Gasteiger partial charge in [0.1, 0.15) is 0 Å². The Bertz CT molecular complexity index is 698. The van der Waals surface area contributed by atoms with Gasteiger partial charge in [0.05, 0.1) is 5.25 Å². The van der Waals surface area contributed by atoms with Gasteiger partial charge in [-0.15, -0.1) is 0 Å². The molecule has 1 aromatic carbocycles. The highest BCUT2D eigenvalue weighted by Crippen LogP contribution is 2.22. The van der Waals surface area contributed by atoms with Crippen LogP contribution in [0.25, 0.3) is 0 Å². The molecule has 2 rings (SSSR count). The Balaban J connectivity index is 2.10. The van der Waals surface area contributed by atoms with Gasteiger partial charge >= 0.3 is 10.7 Å². The number of hydrogen-bond donors (Lipinski definition) is 2. The summed E-state index contributed by atoms with van der Waals surface area (Å²) < 4.78 is 6.11. The molecular weight excluding hydrogens is 314 g/mol. The Hall–Kier alpha value is -1.73. The minimum Gasteiger partial charge on any atom is -0.325 e. The van der Waals surface area contributed by atoms with Gasteiger partial charge in [0.2, 0.25) is 5.91 Å². The molecule has 0 radical (unpaired) electrons. The number of carbonyl (C=O) groups is 1. The largest absolute Gasteiger partial charge is 0.441 e. The van der Waals surface area contributed by atoms with Crippen LogP contribution in [0.1, 0.15) is 13.3 Å². The molecule has 1 aromatic heterocycles. The second-order valence-corrected chi connectivity index (χ2v) is 5.99. The van der Waals surface area contributed by atoms with Gasteiger partial charge in [-0.3, -0.25) is 9.32 Å². The van der Waals surface area contributed by atoms with Crippen LogP contribution < -0.4 is 15.6 Å². The standard InChI is InChI=1S/C13H14ClN3O3S/c1-3-10(21-12-13(19)20-16-17(12)2)11(18)15-9-6-4-5-8(14)7-9/h4-7,10H,3H2,1-2H3,(H-,15,16,18,19)/p+1. The fraction of sp³-hybridized carbons (Fsp3) is 0.308. The number of amides is 1. The normalized spacial score (nSPS) is 12.1. The van der Waals surface area contributed by atoms with Gasteiger partial charge in [-0.25, -0.2) is 4.79 Å². The van der Waals surface area contributed by atoms with Gasteiger partial charge in [-0.2, -0.15) is 0 Å². The van der Waals surface area contributed by atoms with E-state index in [1.807, 2.05) is 6.92 Å². The van der Waals surface area contributed by atoms with Crippen molar-refractivity contribution in [2.24, 2.45) is 7.05 Å². The van der Waals surface area contributed by atoms with Gasteiger partial charge in [0.15, 0.2) is 7.05 Å². The molecule has 0 saturated heterocycles. The highest BCUT2D eigenvalue weighted by molar-refractivity contribution is 8.00. The summed E-state index contributed by atoms with van der Waals surface area (Å²) in [7, 11) is 1.65. The lowest BCUT2D eigenvalue weighted by atomic mass is 10.3. The number of rotatable bonds is 5. The molecule has 2 N–H and O–H groups in total. The number of hydrogen-bond acceptors (Lipinski definition) is 4. The molecule has 1 atom stereocenters. The molecule has 21 heavy (non-hydrogen) atoms. The van der Waals surface area contributed by atoms with Crippen molar-refractivity contribution in [2.75, 3.05) is 5.32 Å². The molecule has 0 saturated carbocycles. The van der Waals surface area contributed by atoms with Gasteiger partial charge in [-0.05, 0) is 41.7 Å². The van der Waals surface area contributed by atoms with Gasteiger partial charge in [0, 0.05) is 10.7 Å². The third-order valence-corrected chi connectivity index (χ3v) is 4.49. The van der Waals surface area contributed by atoms with Gasteiger partial charge < -0.3 is 5.32 Å². The maximum absolute atomic E-state index is 12.3. The van der Waals surface area contributed by atoms with E-state index >= 15 is 0 Å². The number of carbonyl (C=O) groups excluding carboxylic acids is 1. The predicted molar refractivity (Wildman–Crippen MR) is 80.5 cm³/mol. The summed E-state index contributed by atoms with van der Waals surface area (Å²) in [6.07, 6.45) is 0.571. The number of benzene rings is 1. The first-order valence-corrected chi connectivity index (χ1v) is 7.57. The Kier molecular flexibility index (Phi) is 5.08. The van der Waals surface area contributed by atoms with Gasteiger partial charge in [-0.1, -0.05) is 29.3 Å². The first-order chi connectivity index (χ1) is 10.0. The molecule has 0 aliphatic heterocycles. The third kappa shape index (κ3) is 3.89. The van der Waals surface area contributed by atoms with Crippen LogP contribution in [0.4, 0.5) is 5.69 Å². The number of anilines is 1. The molecule has 6 nitrogen and oxygen atoms in total. The topological polar surface area (TPSA) is 79.0 Å². The number of aromatic amines is 1. The van der Waals surface area contributed by atoms with Crippen molar-refractivity contribution in [1.29, 1.82) is 0 Å². The van der Waals surface area contributed by atoms with Crippen LogP contribution in [0, 0.1) is 0 Å². The molecule has 8 heteroatoms. The van der Waals surface area contributed by atoms with E-state index < -0.39 is 10.9 Å². The molecule has 112 valence electrons. The van der Waals surface area contributed by atoms with E-state index in [-0.39, 0.29) is 5.91 Å². The van der Waals surface area contributed by atoms with Gasteiger partial charge in [0.25, 0.3) is 0 Å². The van der Waals surface area contributed by atoms with Crippen LogP contribution in [-0.4, -0.2) is 16.4 Å². The second-order valence-electron chi connectivity index (χ2n) is 4.36. The van der Waals surface area contributed by atoms with E-state index in [4.69, 9.17) is 11.6 Å². The van der Waals surface area contributed by atoms with E-state index in [0.717, 1.165) is 11.8 Å². The quantitative estimate of drug-likeness (QED) is 0.649. The second kappa shape index (κ2) is 6.82. The van der Waals surface area contributed by atoms with Crippen LogP contribution in [0.5, 0.6) is 0 Å². The fourth-order valence-corrected chi connectivity index (χ4v) is 2.83. The molecule has 0 bridgehead atoms. The van der Waals surface area contributed by atoms with E-state index in [1.54, 1.807) is 31.3 Å². The molecule has 2 aromatic rings. The zero-order valence-electron chi connectivity index (χ0n) is 11.6. The van der Waals surface area contributed by atoms with Crippen molar-refractivity contribution in [3.05, 3.63) is 39.7 Å². The molecule has 1 heterocycles. The number of H-pyrrole nitrogens is 1. The lowest BCUT2D eigenvalue weighted by molar-refractivity contribution is -0.772. The minimum absolute atomic E-state index is 0.189. The molecule has 0 aliphatic carbocycles. The predicted octanol–water partition coefficient (Wildman–Crippen LogP) is 1.96. The zero-order valence-corrected chi connectivity index (χ0v) is 13.1. The van der Waals surface area contributed by atoms with Crippen LogP contribution in [0.2, 0.25) is 5.02 Å². The third-order valence-electron chi connectivity index (χ3n) is 2.76. The van der Waals surface area contributed by atoms with Crippen molar-refractivity contribution < 1.29 is 14.0 Å². The number of halogens is 1. The number of nitrogens with one attached hydrogen (secondary N) is 2. The van der Waals surface area contributed by atoms with E-state index in [1.165, 1.54) is 4.68 Å². The van der Waals surface area contributed by atoms with E-state index in [2.05, 4.69) is 15.1 Å². The Labute approximate surface area is 130 Å². The maximum Gasteiger partial charge on any atom is 0.441 e. The highest BCUT2D eigenvalue weighted by atomic mass is 35.5. The average Bonchev–Trinajstić information content (AvgIpc) is 2.75. The summed E-state index contributed by atoms with van der Waals surface area (Å²) >= 11 is 7.04. The molecule has 1 unspecified atom stereocenters. The van der Waals surface area contributed by atoms with Crippen LogP contribution in [0.3, 0.4) is 0 Å². The van der Waals surface area contributed by atoms with Crippen molar-refractivity contribution in [3.63, 3.8) is 0 Å². The number of aromatic nitrogens is 2. The molecule has 1 amide bonds. The summed E-state index contributed by atoms with van der Waals surface area (Å²) in [5.41, 5.74) is 0.133. The van der Waals surface area contributed by atoms with Crippen molar-refractivity contribution >= 4 is 35.0 Å². The summed E-state index contributed by atoms with van der Waals surface area (Å²) in [6, 6.07) is 6.91. The Morgan fingerprint density at radius 2 is 2.33 bits per heavy atom. The lowest BCUT2D eigenvalue weighted by Crippen LogP contribution is -2.35. The molecular formula is C13H15ClN3O3S+. The zero-order chi connectivity index (χ0) is 15.4. The fourth-order valence-electron chi connectivity index (χ4n) is 1.71. The lowest BCUT2D eigenvalue weighted by Gasteiger charge is -2.12. The molecule has 0 spiro atoms. The molecule has 0 aliphatic rings. The van der Waals surface area contributed by atoms with Crippen molar-refractivity contribution in [1.82, 2.24) is 5.27 Å². The average molecular weight is 329 g/mol. The maximum atomic E-state index is 12.3. The monoisotopic (exact) mass is 328 g/mol.